The molecule has 0 spiro atoms. The molecule has 0 aliphatic heterocycles. The summed E-state index contributed by atoms with van der Waals surface area (Å²) in [6.07, 6.45) is 4.51. The normalized spacial score (nSPS) is 10.9. The van der Waals surface area contributed by atoms with E-state index in [2.05, 4.69) is 36.5 Å². The number of pyridine rings is 2. The Labute approximate surface area is 232 Å². The van der Waals surface area contributed by atoms with Crippen LogP contribution in [-0.4, -0.2) is 53.8 Å². The Morgan fingerprint density at radius 2 is 1.73 bits per heavy atom. The fourth-order valence-corrected chi connectivity index (χ4v) is 4.89. The van der Waals surface area contributed by atoms with E-state index in [9.17, 15) is 8.42 Å². The molecule has 1 aromatic carbocycles. The second-order valence-corrected chi connectivity index (χ2v) is 10.1. The number of sulfonamides is 1. The quantitative estimate of drug-likeness (QED) is 0.272. The second kappa shape index (κ2) is 12.9. The number of anilines is 1. The fourth-order valence-electron chi connectivity index (χ4n) is 3.59. The second-order valence-electron chi connectivity index (χ2n) is 8.48. The van der Waals surface area contributed by atoms with Gasteiger partial charge < -0.3 is 19.3 Å². The molecule has 0 saturated carbocycles. The van der Waals surface area contributed by atoms with Crippen molar-refractivity contribution in [1.82, 2.24) is 19.9 Å². The van der Waals surface area contributed by atoms with Crippen molar-refractivity contribution in [1.29, 1.82) is 0 Å². The Bertz CT molecular complexity index is 1640. The largest absolute Gasteiger partial charge is 0.493 e. The van der Waals surface area contributed by atoms with Crippen LogP contribution in [0.2, 0.25) is 0 Å². The first-order chi connectivity index (χ1) is 19.3. The van der Waals surface area contributed by atoms with Gasteiger partial charge in [0.25, 0.3) is 15.9 Å². The van der Waals surface area contributed by atoms with Gasteiger partial charge in [0, 0.05) is 24.2 Å². The maximum atomic E-state index is 13.7. The first-order valence-corrected chi connectivity index (χ1v) is 13.6. The summed E-state index contributed by atoms with van der Waals surface area (Å²) in [5, 5.41) is 8.88. The SMILES string of the molecule is COc1ccccc1Oc1c(NS(=O)(=O)c2ncccc2C(C)C)nc(-c2ccncc2)nc1OCC#CCO. The van der Waals surface area contributed by atoms with Crippen LogP contribution in [-0.2, 0) is 10.0 Å². The molecule has 0 aliphatic carbocycles. The van der Waals surface area contributed by atoms with Gasteiger partial charge in [0.2, 0.25) is 5.75 Å². The Morgan fingerprint density at radius 3 is 2.42 bits per heavy atom. The lowest BCUT2D eigenvalue weighted by atomic mass is 10.1. The van der Waals surface area contributed by atoms with Crippen LogP contribution >= 0.6 is 0 Å². The molecule has 4 rings (SSSR count). The Balaban J connectivity index is 1.91. The van der Waals surface area contributed by atoms with E-state index in [1.54, 1.807) is 60.9 Å². The average molecular weight is 562 g/mol. The number of methoxy groups -OCH3 is 1. The molecular weight excluding hydrogens is 534 g/mol. The summed E-state index contributed by atoms with van der Waals surface area (Å²) in [4.78, 5) is 17.2. The molecule has 3 aromatic heterocycles. The third-order valence-corrected chi connectivity index (χ3v) is 6.76. The monoisotopic (exact) mass is 561 g/mol. The molecule has 0 atom stereocenters. The van der Waals surface area contributed by atoms with E-state index in [-0.39, 0.29) is 53.2 Å². The summed E-state index contributed by atoms with van der Waals surface area (Å²) in [6.45, 7) is 3.22. The van der Waals surface area contributed by atoms with E-state index in [0.29, 0.717) is 16.9 Å². The van der Waals surface area contributed by atoms with Crippen LogP contribution in [0.15, 0.2) is 72.1 Å². The van der Waals surface area contributed by atoms with Crippen molar-refractivity contribution in [2.75, 3.05) is 25.0 Å². The molecule has 40 heavy (non-hydrogen) atoms. The summed E-state index contributed by atoms with van der Waals surface area (Å²) in [6, 6.07) is 13.5. The zero-order valence-corrected chi connectivity index (χ0v) is 22.8. The molecule has 0 unspecified atom stereocenters. The van der Waals surface area contributed by atoms with E-state index < -0.39 is 10.0 Å². The first-order valence-electron chi connectivity index (χ1n) is 12.1. The number of ether oxygens (including phenoxy) is 3. The molecule has 0 fully saturated rings. The van der Waals surface area contributed by atoms with Gasteiger partial charge in [-0.1, -0.05) is 43.9 Å². The van der Waals surface area contributed by atoms with Crippen LogP contribution in [0.5, 0.6) is 23.1 Å². The molecule has 0 amide bonds. The van der Waals surface area contributed by atoms with Crippen LogP contribution in [0.25, 0.3) is 11.4 Å². The van der Waals surface area contributed by atoms with Crippen molar-refractivity contribution < 1.29 is 27.7 Å². The van der Waals surface area contributed by atoms with E-state index in [0.717, 1.165) is 0 Å². The highest BCUT2D eigenvalue weighted by molar-refractivity contribution is 7.92. The number of para-hydroxylation sites is 2. The number of aromatic nitrogens is 4. The van der Waals surface area contributed by atoms with Crippen molar-refractivity contribution >= 4 is 15.8 Å². The molecule has 12 heteroatoms. The molecule has 3 heterocycles. The maximum absolute atomic E-state index is 13.7. The lowest BCUT2D eigenvalue weighted by Gasteiger charge is -2.18. The molecule has 11 nitrogen and oxygen atoms in total. The first kappa shape index (κ1) is 28.3. The third kappa shape index (κ3) is 6.63. The summed E-state index contributed by atoms with van der Waals surface area (Å²) in [5.41, 5.74) is 1.08. The molecule has 4 aromatic rings. The standard InChI is InChI=1S/C28H27N5O6S/c1-19(2)21-9-8-14-30-28(21)40(35,36)33-26-24(39-23-11-5-4-10-22(23)37-3)27(38-18-7-6-17-34)32-25(31-26)20-12-15-29-16-13-20/h4-5,8-16,19,34H,17-18H2,1-3H3,(H,31,32,33). The highest BCUT2D eigenvalue weighted by atomic mass is 32.2. The topological polar surface area (TPSA) is 146 Å². The number of benzene rings is 1. The predicted octanol–water partition coefficient (Wildman–Crippen LogP) is 4.03. The van der Waals surface area contributed by atoms with E-state index >= 15 is 0 Å². The van der Waals surface area contributed by atoms with Gasteiger partial charge in [0.05, 0.1) is 7.11 Å². The van der Waals surface area contributed by atoms with Crippen LogP contribution in [0.3, 0.4) is 0 Å². The van der Waals surface area contributed by atoms with E-state index in [1.165, 1.54) is 13.3 Å². The van der Waals surface area contributed by atoms with Crippen molar-refractivity contribution in [3.8, 4) is 46.4 Å². The van der Waals surface area contributed by atoms with Crippen molar-refractivity contribution in [3.63, 3.8) is 0 Å². The molecule has 2 N–H and O–H groups in total. The van der Waals surface area contributed by atoms with Crippen molar-refractivity contribution in [2.24, 2.45) is 0 Å². The number of rotatable bonds is 10. The number of hydrogen-bond acceptors (Lipinski definition) is 10. The number of hydrogen-bond donors (Lipinski definition) is 2. The molecular formula is C28H27N5O6S. The molecule has 0 saturated heterocycles. The van der Waals surface area contributed by atoms with Gasteiger partial charge in [-0.25, -0.2) is 9.97 Å². The average Bonchev–Trinajstić information content (AvgIpc) is 2.97. The summed E-state index contributed by atoms with van der Waals surface area (Å²) < 4.78 is 47.3. The smallest absolute Gasteiger partial charge is 0.280 e. The molecule has 206 valence electrons. The summed E-state index contributed by atoms with van der Waals surface area (Å²) in [5.74, 6) is 5.39. The van der Waals surface area contributed by atoms with Crippen molar-refractivity contribution in [2.45, 2.75) is 24.8 Å². The van der Waals surface area contributed by atoms with Crippen LogP contribution in [0.1, 0.15) is 25.3 Å². The van der Waals surface area contributed by atoms with Gasteiger partial charge in [0.1, 0.15) is 6.61 Å². The number of aliphatic hydroxyl groups excluding tert-OH is 1. The van der Waals surface area contributed by atoms with Gasteiger partial charge in [-0.2, -0.15) is 13.4 Å². The van der Waals surface area contributed by atoms with Crippen LogP contribution in [0, 0.1) is 11.8 Å². The number of nitrogens with zero attached hydrogens (tertiary/aromatic N) is 4. The Hall–Kier alpha value is -4.73. The fraction of sp³-hybridized carbons (Fsp3) is 0.214. The molecule has 0 bridgehead atoms. The predicted molar refractivity (Wildman–Crippen MR) is 148 cm³/mol. The van der Waals surface area contributed by atoms with Gasteiger partial charge in [-0.3, -0.25) is 9.71 Å². The summed E-state index contributed by atoms with van der Waals surface area (Å²) >= 11 is 0. The lowest BCUT2D eigenvalue weighted by molar-refractivity contribution is 0.323. The van der Waals surface area contributed by atoms with Gasteiger partial charge in [-0.05, 0) is 41.8 Å². The molecule has 0 radical (unpaired) electrons. The van der Waals surface area contributed by atoms with Gasteiger partial charge >= 0.3 is 0 Å². The van der Waals surface area contributed by atoms with E-state index in [4.69, 9.17) is 19.3 Å². The minimum absolute atomic E-state index is 0.0947. The highest BCUT2D eigenvalue weighted by Gasteiger charge is 2.28. The maximum Gasteiger partial charge on any atom is 0.280 e. The van der Waals surface area contributed by atoms with Gasteiger partial charge in [-0.15, -0.1) is 0 Å². The number of nitrogens with one attached hydrogen (secondary N) is 1. The highest BCUT2D eigenvalue weighted by Crippen LogP contribution is 2.41. The Morgan fingerprint density at radius 1 is 0.975 bits per heavy atom. The minimum Gasteiger partial charge on any atom is -0.493 e. The zero-order chi connectivity index (χ0) is 28.5. The molecule has 0 aliphatic rings. The number of aliphatic hydroxyl groups is 1. The van der Waals surface area contributed by atoms with Crippen LogP contribution < -0.4 is 18.9 Å². The Kier molecular flexibility index (Phi) is 9.11. The minimum atomic E-state index is -4.26. The van der Waals surface area contributed by atoms with Crippen LogP contribution in [0.4, 0.5) is 5.82 Å². The third-order valence-electron chi connectivity index (χ3n) is 5.45. The van der Waals surface area contributed by atoms with E-state index in [1.807, 2.05) is 13.8 Å². The van der Waals surface area contributed by atoms with Gasteiger partial charge in [0.15, 0.2) is 34.8 Å². The lowest BCUT2D eigenvalue weighted by Crippen LogP contribution is -2.19. The van der Waals surface area contributed by atoms with Crippen molar-refractivity contribution in [3.05, 3.63) is 72.7 Å². The summed E-state index contributed by atoms with van der Waals surface area (Å²) in [7, 11) is -2.78. The zero-order valence-electron chi connectivity index (χ0n) is 22.0.